The second-order valence-corrected chi connectivity index (χ2v) is 5.91. The molecule has 0 saturated carbocycles. The minimum atomic E-state index is -0.764. The molecular formula is C15H30N2O3. The largest absolute Gasteiger partial charge is 0.480 e. The Morgan fingerprint density at radius 1 is 1.45 bits per heavy atom. The summed E-state index contributed by atoms with van der Waals surface area (Å²) in [6.07, 6.45) is 4.49. The van der Waals surface area contributed by atoms with Gasteiger partial charge < -0.3 is 20.1 Å². The van der Waals surface area contributed by atoms with Crippen LogP contribution in [0.25, 0.3) is 0 Å². The van der Waals surface area contributed by atoms with Crippen LogP contribution in [0.4, 0.5) is 0 Å². The highest BCUT2D eigenvalue weighted by Gasteiger charge is 2.34. The number of carboxylic acid groups (broad SMARTS) is 1. The Morgan fingerprint density at radius 3 is 2.60 bits per heavy atom. The van der Waals surface area contributed by atoms with Crippen LogP contribution in [0.2, 0.25) is 0 Å². The summed E-state index contributed by atoms with van der Waals surface area (Å²) in [7, 11) is 3.87. The number of carbonyl (C=O) groups is 1. The first kappa shape index (κ1) is 17.4. The highest BCUT2D eigenvalue weighted by molar-refractivity contribution is 5.78. The Balaban J connectivity index is 2.29. The van der Waals surface area contributed by atoms with E-state index >= 15 is 0 Å². The van der Waals surface area contributed by atoms with Gasteiger partial charge in [-0.25, -0.2) is 0 Å². The third-order valence-corrected chi connectivity index (χ3v) is 4.55. The van der Waals surface area contributed by atoms with Gasteiger partial charge in [-0.1, -0.05) is 6.92 Å². The van der Waals surface area contributed by atoms with Crippen molar-refractivity contribution in [3.05, 3.63) is 0 Å². The predicted octanol–water partition coefficient (Wildman–Crippen LogP) is 1.58. The summed E-state index contributed by atoms with van der Waals surface area (Å²) in [6.45, 7) is 5.74. The first-order chi connectivity index (χ1) is 9.54. The van der Waals surface area contributed by atoms with E-state index in [2.05, 4.69) is 17.3 Å². The van der Waals surface area contributed by atoms with Crippen LogP contribution in [-0.4, -0.2) is 61.9 Å². The number of rotatable bonds is 9. The van der Waals surface area contributed by atoms with Gasteiger partial charge in [0.25, 0.3) is 0 Å². The number of nitrogens with zero attached hydrogens (tertiary/aromatic N) is 1. The quantitative estimate of drug-likeness (QED) is 0.674. The van der Waals surface area contributed by atoms with Gasteiger partial charge >= 0.3 is 5.97 Å². The molecule has 1 aliphatic rings. The highest BCUT2D eigenvalue weighted by atomic mass is 16.5. The lowest BCUT2D eigenvalue weighted by molar-refractivity contribution is -0.145. The van der Waals surface area contributed by atoms with Gasteiger partial charge in [0.1, 0.15) is 5.54 Å². The standard InChI is InChI=1S/C15H30N2O3/c1-4-15(16-2,14(18)19)8-5-9-17(3)12-13-6-10-20-11-7-13/h13,16H,4-12H2,1-3H3,(H,18,19). The normalized spacial score (nSPS) is 20.0. The van der Waals surface area contributed by atoms with Crippen molar-refractivity contribution in [2.24, 2.45) is 5.92 Å². The van der Waals surface area contributed by atoms with E-state index in [9.17, 15) is 9.90 Å². The third kappa shape index (κ3) is 5.04. The Bertz CT molecular complexity index is 287. The van der Waals surface area contributed by atoms with Gasteiger partial charge in [-0.3, -0.25) is 4.79 Å². The van der Waals surface area contributed by atoms with Gasteiger partial charge in [0.05, 0.1) is 0 Å². The number of carboxylic acids is 1. The molecule has 1 aliphatic heterocycles. The molecule has 0 aromatic carbocycles. The molecule has 0 aromatic heterocycles. The number of likely N-dealkylation sites (N-methyl/N-ethyl adjacent to an activating group) is 1. The van der Waals surface area contributed by atoms with Gasteiger partial charge in [-0.15, -0.1) is 0 Å². The summed E-state index contributed by atoms with van der Waals surface area (Å²) in [5.74, 6) is -0.0111. The molecule has 0 aromatic rings. The van der Waals surface area contributed by atoms with E-state index in [-0.39, 0.29) is 0 Å². The second-order valence-electron chi connectivity index (χ2n) is 5.91. The lowest BCUT2D eigenvalue weighted by Crippen LogP contribution is -2.50. The van der Waals surface area contributed by atoms with E-state index in [1.165, 1.54) is 0 Å². The molecular weight excluding hydrogens is 256 g/mol. The Hall–Kier alpha value is -0.650. The van der Waals surface area contributed by atoms with Crippen LogP contribution in [0.3, 0.4) is 0 Å². The van der Waals surface area contributed by atoms with E-state index in [1.807, 2.05) is 6.92 Å². The van der Waals surface area contributed by atoms with Gasteiger partial charge in [-0.2, -0.15) is 0 Å². The minimum Gasteiger partial charge on any atom is -0.480 e. The molecule has 5 nitrogen and oxygen atoms in total. The number of aliphatic carboxylic acids is 1. The van der Waals surface area contributed by atoms with Crippen molar-refractivity contribution in [3.63, 3.8) is 0 Å². The third-order valence-electron chi connectivity index (χ3n) is 4.55. The number of hydrogen-bond donors (Lipinski definition) is 2. The lowest BCUT2D eigenvalue weighted by atomic mass is 9.90. The molecule has 5 heteroatoms. The molecule has 0 amide bonds. The molecule has 1 rings (SSSR count). The van der Waals surface area contributed by atoms with E-state index in [0.717, 1.165) is 51.5 Å². The maximum atomic E-state index is 11.4. The van der Waals surface area contributed by atoms with Gasteiger partial charge in [-0.05, 0) is 58.7 Å². The molecule has 0 bridgehead atoms. The van der Waals surface area contributed by atoms with Crippen LogP contribution in [0, 0.1) is 5.92 Å². The van der Waals surface area contributed by atoms with E-state index in [4.69, 9.17) is 4.74 Å². The van der Waals surface area contributed by atoms with E-state index in [0.29, 0.717) is 12.8 Å². The van der Waals surface area contributed by atoms with Crippen molar-refractivity contribution in [1.29, 1.82) is 0 Å². The zero-order valence-corrected chi connectivity index (χ0v) is 13.2. The van der Waals surface area contributed by atoms with Crippen LogP contribution >= 0.6 is 0 Å². The molecule has 0 aliphatic carbocycles. The monoisotopic (exact) mass is 286 g/mol. The van der Waals surface area contributed by atoms with Crippen molar-refractivity contribution in [2.75, 3.05) is 40.4 Å². The summed E-state index contributed by atoms with van der Waals surface area (Å²) in [5, 5.41) is 12.3. The fourth-order valence-corrected chi connectivity index (χ4v) is 2.96. The zero-order valence-electron chi connectivity index (χ0n) is 13.2. The fourth-order valence-electron chi connectivity index (χ4n) is 2.96. The van der Waals surface area contributed by atoms with Crippen LogP contribution in [-0.2, 0) is 9.53 Å². The maximum absolute atomic E-state index is 11.4. The summed E-state index contributed by atoms with van der Waals surface area (Å²) in [5.41, 5.74) is -0.764. The molecule has 0 radical (unpaired) electrons. The SMILES string of the molecule is CCC(CCCN(C)CC1CCOCC1)(NC)C(=O)O. The topological polar surface area (TPSA) is 61.8 Å². The molecule has 1 saturated heterocycles. The lowest BCUT2D eigenvalue weighted by Gasteiger charge is -2.30. The second kappa shape index (κ2) is 8.60. The van der Waals surface area contributed by atoms with Gasteiger partial charge in [0.2, 0.25) is 0 Å². The fraction of sp³-hybridized carbons (Fsp3) is 0.933. The molecule has 1 unspecified atom stereocenters. The summed E-state index contributed by atoms with van der Waals surface area (Å²) < 4.78 is 5.37. The number of ether oxygens (including phenoxy) is 1. The molecule has 20 heavy (non-hydrogen) atoms. The molecule has 1 heterocycles. The van der Waals surface area contributed by atoms with Crippen molar-refractivity contribution < 1.29 is 14.6 Å². The molecule has 1 atom stereocenters. The Kier molecular flexibility index (Phi) is 7.48. The van der Waals surface area contributed by atoms with Crippen LogP contribution in [0.5, 0.6) is 0 Å². The summed E-state index contributed by atoms with van der Waals surface area (Å²) in [4.78, 5) is 13.7. The smallest absolute Gasteiger partial charge is 0.323 e. The van der Waals surface area contributed by atoms with Crippen LogP contribution < -0.4 is 5.32 Å². The zero-order chi connectivity index (χ0) is 15.0. The summed E-state index contributed by atoms with van der Waals surface area (Å²) in [6, 6.07) is 0. The number of nitrogens with one attached hydrogen (secondary N) is 1. The van der Waals surface area contributed by atoms with Crippen molar-refractivity contribution in [1.82, 2.24) is 10.2 Å². The molecule has 118 valence electrons. The Morgan fingerprint density at radius 2 is 2.10 bits per heavy atom. The van der Waals surface area contributed by atoms with Crippen LogP contribution in [0.1, 0.15) is 39.0 Å². The first-order valence-electron chi connectivity index (χ1n) is 7.72. The predicted molar refractivity (Wildman–Crippen MR) is 80.0 cm³/mol. The summed E-state index contributed by atoms with van der Waals surface area (Å²) >= 11 is 0. The maximum Gasteiger partial charge on any atom is 0.323 e. The van der Waals surface area contributed by atoms with Crippen molar-refractivity contribution in [2.45, 2.75) is 44.6 Å². The minimum absolute atomic E-state index is 0.614. The van der Waals surface area contributed by atoms with Crippen LogP contribution in [0.15, 0.2) is 0 Å². The highest BCUT2D eigenvalue weighted by Crippen LogP contribution is 2.19. The van der Waals surface area contributed by atoms with Gasteiger partial charge in [0, 0.05) is 19.8 Å². The van der Waals surface area contributed by atoms with E-state index < -0.39 is 11.5 Å². The number of hydrogen-bond acceptors (Lipinski definition) is 4. The molecule has 0 spiro atoms. The molecule has 2 N–H and O–H groups in total. The molecule has 1 fully saturated rings. The Labute approximate surface area is 122 Å². The van der Waals surface area contributed by atoms with E-state index in [1.54, 1.807) is 7.05 Å². The van der Waals surface area contributed by atoms with Crippen molar-refractivity contribution >= 4 is 5.97 Å². The first-order valence-corrected chi connectivity index (χ1v) is 7.72. The van der Waals surface area contributed by atoms with Gasteiger partial charge in [0.15, 0.2) is 0 Å². The average Bonchev–Trinajstić information content (AvgIpc) is 2.44. The van der Waals surface area contributed by atoms with Crippen molar-refractivity contribution in [3.8, 4) is 0 Å². The average molecular weight is 286 g/mol.